The van der Waals surface area contributed by atoms with E-state index in [9.17, 15) is 0 Å². The Morgan fingerprint density at radius 3 is 1.55 bits per heavy atom. The van der Waals surface area contributed by atoms with E-state index in [1.54, 1.807) is 14.2 Å². The minimum atomic E-state index is -1.39. The molecule has 0 aliphatic heterocycles. The number of ether oxygens (including phenoxy) is 2. The van der Waals surface area contributed by atoms with Crippen LogP contribution in [0.25, 0.3) is 0 Å². The van der Waals surface area contributed by atoms with Crippen LogP contribution in [0.2, 0.25) is 0 Å². The number of hydrogen-bond acceptors (Lipinski definition) is 4. The molecule has 0 saturated heterocycles. The third-order valence-electron chi connectivity index (χ3n) is 2.83. The summed E-state index contributed by atoms with van der Waals surface area (Å²) in [5, 5.41) is 0. The van der Waals surface area contributed by atoms with Gasteiger partial charge in [-0.3, -0.25) is 0 Å². The van der Waals surface area contributed by atoms with E-state index >= 15 is 0 Å². The molecule has 106 valence electrons. The van der Waals surface area contributed by atoms with Crippen molar-refractivity contribution in [2.24, 2.45) is 0 Å². The van der Waals surface area contributed by atoms with Gasteiger partial charge in [-0.1, -0.05) is 0 Å². The van der Waals surface area contributed by atoms with Crippen molar-refractivity contribution >= 4 is 45.5 Å². The molecule has 2 aromatic carbocycles. The number of benzene rings is 2. The normalized spacial score (nSPS) is 10.6. The second-order valence-electron chi connectivity index (χ2n) is 4.08. The second-order valence-corrected chi connectivity index (χ2v) is 10.7. The molecule has 0 bridgehead atoms. The van der Waals surface area contributed by atoms with Gasteiger partial charge in [0.25, 0.3) is 0 Å². The summed E-state index contributed by atoms with van der Waals surface area (Å²) >= 11 is 1.86. The fraction of sp³-hybridized carbons (Fsp3) is 0.143. The average Bonchev–Trinajstić information content (AvgIpc) is 2.46. The number of nitrogen functional groups attached to an aromatic ring is 2. The van der Waals surface area contributed by atoms with Crippen molar-refractivity contribution in [3.05, 3.63) is 36.4 Å². The minimum absolute atomic E-state index is 0.725. The first-order valence-electron chi connectivity index (χ1n) is 5.85. The summed E-state index contributed by atoms with van der Waals surface area (Å²) in [7, 11) is 3.25. The second kappa shape index (κ2) is 6.42. The van der Waals surface area contributed by atoms with Crippen LogP contribution < -0.4 is 29.9 Å². The van der Waals surface area contributed by atoms with Crippen LogP contribution in [0.15, 0.2) is 36.4 Å². The number of rotatable bonds is 4. The summed E-state index contributed by atoms with van der Waals surface area (Å²) in [6.07, 6.45) is 0. The molecule has 0 amide bonds. The molecule has 0 heterocycles. The Hall–Kier alpha value is -1.32. The van der Waals surface area contributed by atoms with Gasteiger partial charge < -0.3 is 0 Å². The van der Waals surface area contributed by atoms with Gasteiger partial charge in [-0.2, -0.15) is 0 Å². The third-order valence-corrected chi connectivity index (χ3v) is 9.98. The summed E-state index contributed by atoms with van der Waals surface area (Å²) in [5.41, 5.74) is 13.7. The van der Waals surface area contributed by atoms with Gasteiger partial charge in [0.15, 0.2) is 0 Å². The Labute approximate surface area is 128 Å². The molecule has 0 aromatic heterocycles. The molecule has 0 aliphatic rings. The Bertz CT molecular complexity index is 604. The number of nitrogens with two attached hydrogens (primary N) is 2. The van der Waals surface area contributed by atoms with Gasteiger partial charge in [-0.05, 0) is 0 Å². The molecule has 0 unspecified atom stereocenters. The molecule has 4 nitrogen and oxygen atoms in total. The SMILES string of the molecule is COc1ccc([Se](=[Se])c2ccc(OC)cc2N)c(N)c1. The molecule has 0 saturated carbocycles. The van der Waals surface area contributed by atoms with Crippen LogP contribution in [-0.4, -0.2) is 39.4 Å². The van der Waals surface area contributed by atoms with Crippen LogP contribution in [-0.2, 0) is 0 Å². The van der Waals surface area contributed by atoms with Crippen molar-refractivity contribution < 1.29 is 9.47 Å². The number of hydrogen-bond donors (Lipinski definition) is 2. The van der Waals surface area contributed by atoms with Crippen molar-refractivity contribution in [3.63, 3.8) is 0 Å². The Kier molecular flexibility index (Phi) is 4.84. The molecule has 0 fully saturated rings. The van der Waals surface area contributed by atoms with E-state index in [0.717, 1.165) is 31.8 Å². The molecule has 2 rings (SSSR count). The zero-order chi connectivity index (χ0) is 14.7. The summed E-state index contributed by atoms with van der Waals surface area (Å²) in [6.45, 7) is 0. The molecule has 0 aliphatic carbocycles. The summed E-state index contributed by atoms with van der Waals surface area (Å²) in [6, 6.07) is 11.5. The van der Waals surface area contributed by atoms with Crippen LogP contribution in [0.4, 0.5) is 11.4 Å². The van der Waals surface area contributed by atoms with Crippen LogP contribution in [0, 0.1) is 0 Å². The van der Waals surface area contributed by atoms with E-state index in [0.29, 0.717) is 0 Å². The van der Waals surface area contributed by atoms with Gasteiger partial charge in [-0.15, -0.1) is 0 Å². The van der Waals surface area contributed by atoms with Crippen LogP contribution in [0.1, 0.15) is 0 Å². The first-order valence-corrected chi connectivity index (χ1v) is 11.9. The Morgan fingerprint density at radius 2 is 1.25 bits per heavy atom. The van der Waals surface area contributed by atoms with Crippen molar-refractivity contribution in [1.29, 1.82) is 0 Å². The van der Waals surface area contributed by atoms with Crippen molar-refractivity contribution in [1.82, 2.24) is 0 Å². The Morgan fingerprint density at radius 1 is 0.850 bits per heavy atom. The molecule has 0 radical (unpaired) electrons. The van der Waals surface area contributed by atoms with E-state index in [-0.39, 0.29) is 0 Å². The molecule has 2 aromatic rings. The Balaban J connectivity index is 2.41. The van der Waals surface area contributed by atoms with E-state index in [4.69, 9.17) is 20.9 Å². The molecule has 20 heavy (non-hydrogen) atoms. The predicted octanol–water partition coefficient (Wildman–Crippen LogP) is 0.142. The van der Waals surface area contributed by atoms with Crippen molar-refractivity contribution in [2.45, 2.75) is 0 Å². The van der Waals surface area contributed by atoms with Gasteiger partial charge in [0, 0.05) is 0 Å². The fourth-order valence-corrected chi connectivity index (χ4v) is 7.52. The summed E-state index contributed by atoms with van der Waals surface area (Å²) in [4.78, 5) is 0. The molecule has 4 N–H and O–H groups in total. The van der Waals surface area contributed by atoms with Crippen molar-refractivity contribution in [2.75, 3.05) is 25.7 Å². The zero-order valence-electron chi connectivity index (χ0n) is 11.3. The van der Waals surface area contributed by atoms with E-state index in [1.165, 1.54) is 0 Å². The standard InChI is InChI=1S/C14H16N2O2Se2/c1-17-9-3-5-13(11(15)7-9)20(19)14-6-4-10(18-2)8-12(14)16/h3-8H,15-16H2,1-2H3. The van der Waals surface area contributed by atoms with Gasteiger partial charge in [0.1, 0.15) is 0 Å². The van der Waals surface area contributed by atoms with Crippen LogP contribution >= 0.6 is 0 Å². The zero-order valence-corrected chi connectivity index (χ0v) is 14.7. The van der Waals surface area contributed by atoms with Gasteiger partial charge in [0.2, 0.25) is 0 Å². The predicted molar refractivity (Wildman–Crippen MR) is 85.6 cm³/mol. The van der Waals surface area contributed by atoms with E-state index in [2.05, 4.69) is 13.7 Å². The summed E-state index contributed by atoms with van der Waals surface area (Å²) < 4.78 is 12.5. The van der Waals surface area contributed by atoms with Crippen LogP contribution in [0.3, 0.4) is 0 Å². The third kappa shape index (κ3) is 3.05. The number of methoxy groups -OCH3 is 2. The first-order chi connectivity index (χ1) is 9.56. The molecular weight excluding hydrogens is 386 g/mol. The van der Waals surface area contributed by atoms with Crippen molar-refractivity contribution in [3.8, 4) is 11.5 Å². The molecule has 6 heteroatoms. The van der Waals surface area contributed by atoms with E-state index in [1.807, 2.05) is 36.4 Å². The topological polar surface area (TPSA) is 70.5 Å². The van der Waals surface area contributed by atoms with E-state index < -0.39 is 11.5 Å². The first kappa shape index (κ1) is 15.1. The molecule has 0 atom stereocenters. The molecule has 0 spiro atoms. The van der Waals surface area contributed by atoms with Gasteiger partial charge >= 0.3 is 129 Å². The monoisotopic (exact) mass is 404 g/mol. The summed E-state index contributed by atoms with van der Waals surface area (Å²) in [5.74, 6) is 1.51. The van der Waals surface area contributed by atoms with Crippen LogP contribution in [0.5, 0.6) is 11.5 Å². The fourth-order valence-electron chi connectivity index (χ4n) is 1.76. The maximum atomic E-state index is 6.11. The van der Waals surface area contributed by atoms with Gasteiger partial charge in [-0.25, -0.2) is 0 Å². The van der Waals surface area contributed by atoms with Gasteiger partial charge in [0.05, 0.1) is 0 Å². The number of anilines is 2. The average molecular weight is 402 g/mol. The maximum absolute atomic E-state index is 6.11. The quantitative estimate of drug-likeness (QED) is 0.564. The molecular formula is C14H16N2O2Se2.